The topological polar surface area (TPSA) is 82.3 Å². The third kappa shape index (κ3) is 3.56. The number of rotatable bonds is 4. The molecule has 0 radical (unpaired) electrons. The molecule has 0 saturated carbocycles. The van der Waals surface area contributed by atoms with Crippen molar-refractivity contribution >= 4 is 12.1 Å². The Morgan fingerprint density at radius 1 is 1.42 bits per heavy atom. The lowest BCUT2D eigenvalue weighted by Crippen LogP contribution is -2.20. The van der Waals surface area contributed by atoms with Crippen LogP contribution in [0.1, 0.15) is 22.3 Å². The largest absolute Gasteiger partial charge is 0.575 e. The highest BCUT2D eigenvalue weighted by molar-refractivity contribution is 5.79. The Bertz CT molecular complexity index is 517. The van der Waals surface area contributed by atoms with Crippen LogP contribution in [0.15, 0.2) is 6.07 Å². The average Bonchev–Trinajstić information content (AvgIpc) is 2.24. The summed E-state index contributed by atoms with van der Waals surface area (Å²) in [5.74, 6) is -2.94. The molecule has 0 atom stereocenters. The summed E-state index contributed by atoms with van der Waals surface area (Å²) in [6.45, 7) is 0. The van der Waals surface area contributed by atoms with E-state index in [4.69, 9.17) is 0 Å². The molecular formula is C8H3F5N2O4. The Morgan fingerprint density at radius 2 is 2.00 bits per heavy atom. The minimum atomic E-state index is -5.38. The van der Waals surface area contributed by atoms with Gasteiger partial charge < -0.3 is 14.9 Å². The highest BCUT2D eigenvalue weighted by Crippen LogP contribution is 2.35. The highest BCUT2D eigenvalue weighted by Gasteiger charge is 2.38. The van der Waals surface area contributed by atoms with Crippen molar-refractivity contribution in [3.63, 3.8) is 0 Å². The average molecular weight is 286 g/mol. The second-order valence-corrected chi connectivity index (χ2v) is 3.01. The van der Waals surface area contributed by atoms with E-state index in [1.54, 1.807) is 0 Å². The summed E-state index contributed by atoms with van der Waals surface area (Å²) in [5, 5.41) is 10.4. The van der Waals surface area contributed by atoms with Gasteiger partial charge in [0, 0.05) is 16.6 Å². The molecular weight excluding hydrogens is 283 g/mol. The van der Waals surface area contributed by atoms with Gasteiger partial charge in [-0.2, -0.15) is 0 Å². The molecule has 0 bridgehead atoms. The van der Waals surface area contributed by atoms with Crippen LogP contribution in [0, 0.1) is 10.1 Å². The maximum atomic E-state index is 12.6. The number of carbonyl (C=O) groups excluding carboxylic acids is 1. The first-order valence-electron chi connectivity index (χ1n) is 4.34. The third-order valence-electron chi connectivity index (χ3n) is 1.79. The second-order valence-electron chi connectivity index (χ2n) is 3.01. The van der Waals surface area contributed by atoms with Crippen LogP contribution in [0.5, 0.6) is 5.88 Å². The van der Waals surface area contributed by atoms with Gasteiger partial charge in [0.15, 0.2) is 6.29 Å². The summed E-state index contributed by atoms with van der Waals surface area (Å²) in [4.78, 5) is 22.3. The van der Waals surface area contributed by atoms with Crippen molar-refractivity contribution in [3.05, 3.63) is 27.3 Å². The first-order chi connectivity index (χ1) is 8.65. The fourth-order valence-electron chi connectivity index (χ4n) is 1.13. The van der Waals surface area contributed by atoms with Crippen molar-refractivity contribution in [2.24, 2.45) is 0 Å². The Hall–Kier alpha value is -2.33. The van der Waals surface area contributed by atoms with Crippen LogP contribution in [0.25, 0.3) is 0 Å². The summed E-state index contributed by atoms with van der Waals surface area (Å²) in [5.41, 5.74) is -2.46. The van der Waals surface area contributed by atoms with Crippen molar-refractivity contribution in [2.75, 3.05) is 0 Å². The lowest BCUT2D eigenvalue weighted by molar-refractivity contribution is -0.390. The van der Waals surface area contributed by atoms with E-state index in [-0.39, 0.29) is 6.29 Å². The van der Waals surface area contributed by atoms with Crippen LogP contribution in [-0.2, 0) is 0 Å². The van der Waals surface area contributed by atoms with Gasteiger partial charge in [0.05, 0.1) is 0 Å². The van der Waals surface area contributed by atoms with Gasteiger partial charge in [-0.25, -0.2) is 8.78 Å². The fraction of sp³-hybridized carbons (Fsp3) is 0.250. The molecule has 1 rings (SSSR count). The quantitative estimate of drug-likeness (QED) is 0.368. The smallest absolute Gasteiger partial charge is 0.366 e. The maximum Gasteiger partial charge on any atom is 0.575 e. The fourth-order valence-corrected chi connectivity index (χ4v) is 1.13. The molecule has 0 aliphatic carbocycles. The second kappa shape index (κ2) is 5.12. The normalized spacial score (nSPS) is 11.5. The van der Waals surface area contributed by atoms with Gasteiger partial charge in [-0.15, -0.1) is 13.2 Å². The van der Waals surface area contributed by atoms with Crippen LogP contribution < -0.4 is 4.74 Å². The van der Waals surface area contributed by atoms with Gasteiger partial charge in [-0.1, -0.05) is 0 Å². The number of alkyl halides is 5. The molecule has 1 heterocycles. The predicted molar refractivity (Wildman–Crippen MR) is 47.9 cm³/mol. The summed E-state index contributed by atoms with van der Waals surface area (Å²) in [7, 11) is 0. The highest BCUT2D eigenvalue weighted by atomic mass is 19.4. The predicted octanol–water partition coefficient (Wildman–Crippen LogP) is 2.64. The zero-order chi connectivity index (χ0) is 14.8. The SMILES string of the molecule is O=Cc1cc([N+](=O)[O-])nc(OC(F)(F)F)c1C(F)F. The Kier molecular flexibility index (Phi) is 3.97. The zero-order valence-corrected chi connectivity index (χ0v) is 8.65. The van der Waals surface area contributed by atoms with E-state index in [0.717, 1.165) is 0 Å². The molecule has 0 aromatic carbocycles. The Balaban J connectivity index is 3.50. The van der Waals surface area contributed by atoms with Crippen LogP contribution in [0.3, 0.4) is 0 Å². The molecule has 104 valence electrons. The van der Waals surface area contributed by atoms with Gasteiger partial charge in [-0.05, 0) is 4.92 Å². The number of aromatic nitrogens is 1. The van der Waals surface area contributed by atoms with Crippen molar-refractivity contribution in [1.29, 1.82) is 0 Å². The minimum absolute atomic E-state index is 0.251. The molecule has 0 spiro atoms. The van der Waals surface area contributed by atoms with Crippen molar-refractivity contribution < 1.29 is 36.4 Å². The van der Waals surface area contributed by atoms with Gasteiger partial charge in [0.2, 0.25) is 0 Å². The van der Waals surface area contributed by atoms with Gasteiger partial charge in [0.1, 0.15) is 5.56 Å². The molecule has 0 unspecified atom stereocenters. The molecule has 1 aromatic rings. The lowest BCUT2D eigenvalue weighted by atomic mass is 10.1. The van der Waals surface area contributed by atoms with E-state index in [0.29, 0.717) is 6.07 Å². The summed E-state index contributed by atoms with van der Waals surface area (Å²) in [6.07, 6.45) is -9.16. The molecule has 0 aliphatic rings. The molecule has 19 heavy (non-hydrogen) atoms. The standard InChI is InChI=1S/C8H3F5N2O4/c9-6(10)5-3(2-16)1-4(15(17)18)14-7(5)19-8(11,12)13/h1-2,6H. The van der Waals surface area contributed by atoms with E-state index in [1.807, 2.05) is 0 Å². The van der Waals surface area contributed by atoms with E-state index in [1.165, 1.54) is 0 Å². The van der Waals surface area contributed by atoms with Crippen LogP contribution in [0.4, 0.5) is 27.8 Å². The van der Waals surface area contributed by atoms with Crippen molar-refractivity contribution in [2.45, 2.75) is 12.8 Å². The van der Waals surface area contributed by atoms with Crippen LogP contribution >= 0.6 is 0 Å². The molecule has 0 saturated heterocycles. The molecule has 1 aromatic heterocycles. The van der Waals surface area contributed by atoms with Gasteiger partial charge >= 0.3 is 18.1 Å². The monoisotopic (exact) mass is 286 g/mol. The number of pyridine rings is 1. The molecule has 0 amide bonds. The van der Waals surface area contributed by atoms with Gasteiger partial charge in [0.25, 0.3) is 6.43 Å². The third-order valence-corrected chi connectivity index (χ3v) is 1.79. The zero-order valence-electron chi connectivity index (χ0n) is 8.65. The summed E-state index contributed by atoms with van der Waals surface area (Å²) >= 11 is 0. The number of carbonyl (C=O) groups is 1. The first-order valence-corrected chi connectivity index (χ1v) is 4.34. The van der Waals surface area contributed by atoms with E-state index >= 15 is 0 Å². The molecule has 0 N–H and O–H groups in total. The van der Waals surface area contributed by atoms with Crippen LogP contribution in [0.2, 0.25) is 0 Å². The molecule has 11 heteroatoms. The number of aldehydes is 1. The van der Waals surface area contributed by atoms with Crippen molar-refractivity contribution in [1.82, 2.24) is 4.98 Å². The van der Waals surface area contributed by atoms with E-state index in [2.05, 4.69) is 9.72 Å². The summed E-state index contributed by atoms with van der Waals surface area (Å²) in [6, 6.07) is 0.331. The summed E-state index contributed by atoms with van der Waals surface area (Å²) < 4.78 is 64.3. The van der Waals surface area contributed by atoms with Gasteiger partial charge in [-0.3, -0.25) is 4.79 Å². The number of hydrogen-bond donors (Lipinski definition) is 0. The first kappa shape index (κ1) is 14.7. The Labute approximate surface area is 101 Å². The van der Waals surface area contributed by atoms with Crippen LogP contribution in [-0.4, -0.2) is 22.6 Å². The number of ether oxygens (including phenoxy) is 1. The maximum absolute atomic E-state index is 12.6. The lowest BCUT2D eigenvalue weighted by Gasteiger charge is -2.10. The minimum Gasteiger partial charge on any atom is -0.366 e. The van der Waals surface area contributed by atoms with Crippen molar-refractivity contribution in [3.8, 4) is 5.88 Å². The number of nitrogens with zero attached hydrogens (tertiary/aromatic N) is 2. The number of halogens is 5. The molecule has 6 nitrogen and oxygen atoms in total. The molecule has 0 aliphatic heterocycles. The molecule has 0 fully saturated rings. The van der Waals surface area contributed by atoms with E-state index < -0.39 is 40.5 Å². The van der Waals surface area contributed by atoms with E-state index in [9.17, 15) is 36.9 Å². The Morgan fingerprint density at radius 3 is 2.37 bits per heavy atom. The number of hydrogen-bond acceptors (Lipinski definition) is 5. The number of nitro groups is 1.